The summed E-state index contributed by atoms with van der Waals surface area (Å²) in [6.07, 6.45) is 4.53. The van der Waals surface area contributed by atoms with Crippen LogP contribution in [0.1, 0.15) is 21.5 Å². The van der Waals surface area contributed by atoms with Crippen LogP contribution in [0, 0.1) is 5.82 Å². The van der Waals surface area contributed by atoms with E-state index in [4.69, 9.17) is 5.73 Å². The molecule has 0 radical (unpaired) electrons. The van der Waals surface area contributed by atoms with Gasteiger partial charge in [-0.25, -0.2) is 9.37 Å². The number of benzene rings is 2. The number of rotatable bonds is 6. The second-order valence-electron chi connectivity index (χ2n) is 6.19. The molecule has 2 aromatic carbocycles. The lowest BCUT2D eigenvalue weighted by Gasteiger charge is -2.08. The highest BCUT2D eigenvalue weighted by Gasteiger charge is 2.08. The lowest BCUT2D eigenvalue weighted by atomic mass is 10.1. The van der Waals surface area contributed by atoms with Crippen LogP contribution in [0.15, 0.2) is 72.9 Å². The van der Waals surface area contributed by atoms with Gasteiger partial charge in [0.25, 0.3) is 5.91 Å². The molecule has 4 N–H and O–H groups in total. The van der Waals surface area contributed by atoms with E-state index in [0.29, 0.717) is 17.8 Å². The monoisotopic (exact) mass is 390 g/mol. The number of nitrogens with two attached hydrogens (primary N) is 1. The molecule has 0 saturated carbocycles. The average Bonchev–Trinajstić information content (AvgIpc) is 2.74. The maximum atomic E-state index is 12.9. The topological polar surface area (TPSA) is 97.1 Å². The molecular weight excluding hydrogens is 371 g/mol. The molecule has 0 aliphatic heterocycles. The van der Waals surface area contributed by atoms with Crippen LogP contribution >= 0.6 is 0 Å². The number of carbonyl (C=O) groups is 2. The Kier molecular flexibility index (Phi) is 6.32. The average molecular weight is 390 g/mol. The van der Waals surface area contributed by atoms with E-state index in [-0.39, 0.29) is 23.4 Å². The first-order valence-corrected chi connectivity index (χ1v) is 8.83. The molecule has 6 nitrogen and oxygen atoms in total. The Labute approximate surface area is 167 Å². The van der Waals surface area contributed by atoms with Gasteiger partial charge in [0.2, 0.25) is 5.91 Å². The number of halogens is 1. The number of hydrogen-bond acceptors (Lipinski definition) is 4. The largest absolute Gasteiger partial charge is 0.382 e. The highest BCUT2D eigenvalue weighted by atomic mass is 19.1. The van der Waals surface area contributed by atoms with E-state index in [1.165, 1.54) is 18.2 Å². The molecule has 0 atom stereocenters. The molecule has 0 aliphatic rings. The van der Waals surface area contributed by atoms with Crippen molar-refractivity contribution in [2.24, 2.45) is 0 Å². The summed E-state index contributed by atoms with van der Waals surface area (Å²) in [7, 11) is 0. The first kappa shape index (κ1) is 19.8. The van der Waals surface area contributed by atoms with Crippen molar-refractivity contribution >= 4 is 29.4 Å². The Hall–Kier alpha value is -4.00. The van der Waals surface area contributed by atoms with Crippen molar-refractivity contribution in [3.05, 3.63) is 95.4 Å². The predicted molar refractivity (Wildman–Crippen MR) is 110 cm³/mol. The lowest BCUT2D eigenvalue weighted by molar-refractivity contribution is -0.116. The number of nitrogen functional groups attached to an aromatic ring is 1. The SMILES string of the molecule is Nc1ncccc1NC(=O)c1ccc(CNC(=O)C=Cc2ccc(F)cc2)cc1. The van der Waals surface area contributed by atoms with Gasteiger partial charge in [-0.3, -0.25) is 9.59 Å². The summed E-state index contributed by atoms with van der Waals surface area (Å²) in [5.41, 5.74) is 8.19. The minimum atomic E-state index is -0.326. The van der Waals surface area contributed by atoms with Crippen molar-refractivity contribution in [1.29, 1.82) is 0 Å². The minimum Gasteiger partial charge on any atom is -0.382 e. The zero-order valence-electron chi connectivity index (χ0n) is 15.4. The van der Waals surface area contributed by atoms with Crippen molar-refractivity contribution in [2.75, 3.05) is 11.1 Å². The fraction of sp³-hybridized carbons (Fsp3) is 0.0455. The Morgan fingerprint density at radius 2 is 1.76 bits per heavy atom. The van der Waals surface area contributed by atoms with Crippen LogP contribution in [0.5, 0.6) is 0 Å². The molecular formula is C22H19FN4O2. The van der Waals surface area contributed by atoms with Crippen molar-refractivity contribution in [3.63, 3.8) is 0 Å². The third-order valence-electron chi connectivity index (χ3n) is 4.07. The van der Waals surface area contributed by atoms with Gasteiger partial charge in [-0.2, -0.15) is 0 Å². The van der Waals surface area contributed by atoms with Crippen molar-refractivity contribution in [2.45, 2.75) is 6.54 Å². The van der Waals surface area contributed by atoms with Crippen molar-refractivity contribution in [1.82, 2.24) is 10.3 Å². The summed E-state index contributed by atoms with van der Waals surface area (Å²) in [5, 5.41) is 5.45. The summed E-state index contributed by atoms with van der Waals surface area (Å²) in [6, 6.07) is 16.0. The first-order valence-electron chi connectivity index (χ1n) is 8.83. The standard InChI is InChI=1S/C22H19FN4O2/c23-18-10-5-15(6-11-18)7-12-20(28)26-14-16-3-8-17(9-4-16)22(29)27-19-2-1-13-25-21(19)24/h1-13H,14H2,(H2,24,25)(H,26,28)(H,27,29). The summed E-state index contributed by atoms with van der Waals surface area (Å²) < 4.78 is 12.9. The van der Waals surface area contributed by atoms with E-state index in [1.807, 2.05) is 0 Å². The smallest absolute Gasteiger partial charge is 0.255 e. The fourth-order valence-electron chi connectivity index (χ4n) is 2.49. The summed E-state index contributed by atoms with van der Waals surface area (Å²) >= 11 is 0. The third kappa shape index (κ3) is 5.74. The molecule has 0 saturated heterocycles. The van der Waals surface area contributed by atoms with Crippen molar-refractivity contribution < 1.29 is 14.0 Å². The summed E-state index contributed by atoms with van der Waals surface area (Å²) in [5.74, 6) is -0.660. The normalized spacial score (nSPS) is 10.7. The number of nitrogens with zero attached hydrogens (tertiary/aromatic N) is 1. The first-order chi connectivity index (χ1) is 14.0. The second-order valence-corrected chi connectivity index (χ2v) is 6.19. The zero-order chi connectivity index (χ0) is 20.6. The van der Waals surface area contributed by atoms with Crippen LogP contribution in [-0.4, -0.2) is 16.8 Å². The second kappa shape index (κ2) is 9.27. The molecule has 2 amide bonds. The number of nitrogens with one attached hydrogen (secondary N) is 2. The molecule has 1 aromatic heterocycles. The number of aromatic nitrogens is 1. The lowest BCUT2D eigenvalue weighted by Crippen LogP contribution is -2.20. The van der Waals surface area contributed by atoms with Crippen LogP contribution < -0.4 is 16.4 Å². The Bertz CT molecular complexity index is 1030. The fourth-order valence-corrected chi connectivity index (χ4v) is 2.49. The van der Waals surface area contributed by atoms with Gasteiger partial charge in [-0.15, -0.1) is 0 Å². The van der Waals surface area contributed by atoms with Gasteiger partial charge in [0.05, 0.1) is 5.69 Å². The van der Waals surface area contributed by atoms with Gasteiger partial charge < -0.3 is 16.4 Å². The van der Waals surface area contributed by atoms with E-state index in [1.54, 1.807) is 60.8 Å². The highest BCUT2D eigenvalue weighted by molar-refractivity contribution is 6.05. The maximum Gasteiger partial charge on any atom is 0.255 e. The number of anilines is 2. The van der Waals surface area contributed by atoms with Gasteiger partial charge >= 0.3 is 0 Å². The molecule has 3 rings (SSSR count). The molecule has 0 unspecified atom stereocenters. The third-order valence-corrected chi connectivity index (χ3v) is 4.07. The van der Waals surface area contributed by atoms with Crippen LogP contribution in [0.4, 0.5) is 15.9 Å². The maximum absolute atomic E-state index is 12.9. The van der Waals surface area contributed by atoms with E-state index in [9.17, 15) is 14.0 Å². The number of amides is 2. The molecule has 1 heterocycles. The molecule has 0 aliphatic carbocycles. The summed E-state index contributed by atoms with van der Waals surface area (Å²) in [6.45, 7) is 0.310. The van der Waals surface area contributed by atoms with E-state index < -0.39 is 0 Å². The molecule has 146 valence electrons. The van der Waals surface area contributed by atoms with Crippen LogP contribution in [0.25, 0.3) is 6.08 Å². The zero-order valence-corrected chi connectivity index (χ0v) is 15.4. The predicted octanol–water partition coefficient (Wildman–Crippen LogP) is 3.38. The molecule has 0 bridgehead atoms. The highest BCUT2D eigenvalue weighted by Crippen LogP contribution is 2.15. The number of pyridine rings is 1. The van der Waals surface area contributed by atoms with Gasteiger partial charge in [-0.05, 0) is 53.6 Å². The Morgan fingerprint density at radius 3 is 2.45 bits per heavy atom. The van der Waals surface area contributed by atoms with Crippen LogP contribution in [0.2, 0.25) is 0 Å². The number of carbonyl (C=O) groups excluding carboxylic acids is 2. The molecule has 7 heteroatoms. The molecule has 3 aromatic rings. The van der Waals surface area contributed by atoms with Crippen LogP contribution in [0.3, 0.4) is 0 Å². The van der Waals surface area contributed by atoms with E-state index >= 15 is 0 Å². The van der Waals surface area contributed by atoms with Crippen LogP contribution in [-0.2, 0) is 11.3 Å². The van der Waals surface area contributed by atoms with Gasteiger partial charge in [0, 0.05) is 24.4 Å². The van der Waals surface area contributed by atoms with Gasteiger partial charge in [0.15, 0.2) is 0 Å². The van der Waals surface area contributed by atoms with Gasteiger partial charge in [0.1, 0.15) is 11.6 Å². The Balaban J connectivity index is 1.52. The molecule has 0 spiro atoms. The van der Waals surface area contributed by atoms with Gasteiger partial charge in [-0.1, -0.05) is 24.3 Å². The quantitative estimate of drug-likeness (QED) is 0.562. The summed E-state index contributed by atoms with van der Waals surface area (Å²) in [4.78, 5) is 28.1. The minimum absolute atomic E-state index is 0.244. The Morgan fingerprint density at radius 1 is 1.03 bits per heavy atom. The van der Waals surface area contributed by atoms with E-state index in [0.717, 1.165) is 11.1 Å². The number of hydrogen-bond donors (Lipinski definition) is 3. The molecule has 29 heavy (non-hydrogen) atoms. The van der Waals surface area contributed by atoms with E-state index in [2.05, 4.69) is 15.6 Å². The molecule has 0 fully saturated rings. The van der Waals surface area contributed by atoms with Crippen molar-refractivity contribution in [3.8, 4) is 0 Å².